The zero-order valence-corrected chi connectivity index (χ0v) is 13.5. The largest absolute Gasteiger partial charge is 0.393 e. The topological polar surface area (TPSA) is 61.8 Å². The maximum absolute atomic E-state index is 12.5. The lowest BCUT2D eigenvalue weighted by Gasteiger charge is -2.39. The number of ether oxygens (including phenoxy) is 1. The van der Waals surface area contributed by atoms with Crippen molar-refractivity contribution >= 4 is 6.03 Å². The van der Waals surface area contributed by atoms with Crippen molar-refractivity contribution in [2.75, 3.05) is 19.8 Å². The fraction of sp³-hybridized carbons (Fsp3) is 0.938. The van der Waals surface area contributed by atoms with Crippen LogP contribution in [0, 0.1) is 11.8 Å². The van der Waals surface area contributed by atoms with Crippen molar-refractivity contribution in [1.82, 2.24) is 10.2 Å². The molecule has 0 unspecified atom stereocenters. The highest BCUT2D eigenvalue weighted by Crippen LogP contribution is 2.29. The van der Waals surface area contributed by atoms with Crippen LogP contribution in [0.3, 0.4) is 0 Å². The summed E-state index contributed by atoms with van der Waals surface area (Å²) in [5.41, 5.74) is 0. The molecule has 2 N–H and O–H groups in total. The molecule has 0 radical (unpaired) electrons. The molecular formula is C16H30N2O3. The van der Waals surface area contributed by atoms with Gasteiger partial charge < -0.3 is 20.1 Å². The maximum atomic E-state index is 12.5. The van der Waals surface area contributed by atoms with Gasteiger partial charge in [0.15, 0.2) is 0 Å². The van der Waals surface area contributed by atoms with Crippen LogP contribution < -0.4 is 5.32 Å². The number of carbonyl (C=O) groups excluding carboxylic acids is 1. The van der Waals surface area contributed by atoms with Crippen molar-refractivity contribution in [3.05, 3.63) is 0 Å². The quantitative estimate of drug-likeness (QED) is 0.837. The molecule has 2 fully saturated rings. The van der Waals surface area contributed by atoms with Gasteiger partial charge in [-0.05, 0) is 44.4 Å². The van der Waals surface area contributed by atoms with E-state index in [1.807, 2.05) is 4.90 Å². The van der Waals surface area contributed by atoms with E-state index in [2.05, 4.69) is 19.2 Å². The number of carbonyl (C=O) groups is 1. The second-order valence-electron chi connectivity index (χ2n) is 6.92. The van der Waals surface area contributed by atoms with E-state index >= 15 is 0 Å². The van der Waals surface area contributed by atoms with Gasteiger partial charge in [-0.3, -0.25) is 0 Å². The van der Waals surface area contributed by atoms with E-state index in [-0.39, 0.29) is 12.1 Å². The molecule has 1 saturated carbocycles. The average molecular weight is 298 g/mol. The van der Waals surface area contributed by atoms with Crippen LogP contribution in [0.25, 0.3) is 0 Å². The summed E-state index contributed by atoms with van der Waals surface area (Å²) >= 11 is 0. The monoisotopic (exact) mass is 298 g/mol. The first-order valence-electron chi connectivity index (χ1n) is 8.30. The number of nitrogens with one attached hydrogen (secondary N) is 1. The summed E-state index contributed by atoms with van der Waals surface area (Å²) in [6, 6.07) is 0.285. The first-order valence-corrected chi connectivity index (χ1v) is 8.30. The molecular weight excluding hydrogens is 268 g/mol. The van der Waals surface area contributed by atoms with E-state index in [1.165, 1.54) is 6.42 Å². The Bertz CT molecular complexity index is 348. The van der Waals surface area contributed by atoms with Crippen molar-refractivity contribution in [3.63, 3.8) is 0 Å². The van der Waals surface area contributed by atoms with Gasteiger partial charge in [0.25, 0.3) is 0 Å². The molecule has 0 aromatic carbocycles. The zero-order valence-electron chi connectivity index (χ0n) is 13.5. The van der Waals surface area contributed by atoms with Crippen LogP contribution in [-0.2, 0) is 4.74 Å². The molecule has 2 aliphatic rings. The van der Waals surface area contributed by atoms with Crippen molar-refractivity contribution in [1.29, 1.82) is 0 Å². The highest BCUT2D eigenvalue weighted by Gasteiger charge is 2.31. The molecule has 1 saturated heterocycles. The summed E-state index contributed by atoms with van der Waals surface area (Å²) in [5.74, 6) is 1.42. The number of urea groups is 1. The molecule has 1 aliphatic carbocycles. The predicted octanol–water partition coefficient (Wildman–Crippen LogP) is 1.99. The zero-order chi connectivity index (χ0) is 15.4. The number of aliphatic hydroxyl groups excluding tert-OH is 1. The Morgan fingerprint density at radius 3 is 2.81 bits per heavy atom. The molecule has 5 heteroatoms. The number of nitrogens with zero attached hydrogens (tertiary/aromatic N) is 1. The molecule has 0 aromatic heterocycles. The van der Waals surface area contributed by atoms with Gasteiger partial charge in [0, 0.05) is 12.6 Å². The SMILES string of the molecule is C[C@H](O)C[C@@H]1COCCN1C(=O)N[C@@H]1CC[C@H](C)[C@H](C)C1. The molecule has 122 valence electrons. The summed E-state index contributed by atoms with van der Waals surface area (Å²) in [6.45, 7) is 8.05. The van der Waals surface area contributed by atoms with Gasteiger partial charge in [0.1, 0.15) is 0 Å². The van der Waals surface area contributed by atoms with Gasteiger partial charge in [-0.25, -0.2) is 4.79 Å². The fourth-order valence-electron chi connectivity index (χ4n) is 3.45. The summed E-state index contributed by atoms with van der Waals surface area (Å²) in [7, 11) is 0. The second kappa shape index (κ2) is 7.45. The smallest absolute Gasteiger partial charge is 0.318 e. The number of aliphatic hydroxyl groups is 1. The minimum Gasteiger partial charge on any atom is -0.393 e. The molecule has 1 heterocycles. The van der Waals surface area contributed by atoms with Crippen molar-refractivity contribution in [2.24, 2.45) is 11.8 Å². The van der Waals surface area contributed by atoms with E-state index in [0.29, 0.717) is 38.1 Å². The molecule has 5 nitrogen and oxygen atoms in total. The number of amides is 2. The lowest BCUT2D eigenvalue weighted by atomic mass is 9.79. The predicted molar refractivity (Wildman–Crippen MR) is 82.1 cm³/mol. The van der Waals surface area contributed by atoms with Crippen LogP contribution in [0.4, 0.5) is 4.79 Å². The Hall–Kier alpha value is -0.810. The Morgan fingerprint density at radius 1 is 1.38 bits per heavy atom. The van der Waals surface area contributed by atoms with Crippen LogP contribution in [0.5, 0.6) is 0 Å². The third-order valence-electron chi connectivity index (χ3n) is 5.03. The third kappa shape index (κ3) is 4.58. The Balaban J connectivity index is 1.88. The number of hydrogen-bond acceptors (Lipinski definition) is 3. The van der Waals surface area contributed by atoms with Gasteiger partial charge in [0.05, 0.1) is 25.4 Å². The molecule has 0 aromatic rings. The van der Waals surface area contributed by atoms with Crippen molar-refractivity contribution in [3.8, 4) is 0 Å². The third-order valence-corrected chi connectivity index (χ3v) is 5.03. The molecule has 1 aliphatic heterocycles. The molecule has 21 heavy (non-hydrogen) atoms. The first-order chi connectivity index (χ1) is 9.97. The summed E-state index contributed by atoms with van der Waals surface area (Å²) in [4.78, 5) is 14.4. The molecule has 2 amide bonds. The van der Waals surface area contributed by atoms with E-state index in [1.54, 1.807) is 6.92 Å². The highest BCUT2D eigenvalue weighted by atomic mass is 16.5. The summed E-state index contributed by atoms with van der Waals surface area (Å²) in [6.07, 6.45) is 3.49. The average Bonchev–Trinajstić information content (AvgIpc) is 2.43. The Labute approximate surface area is 128 Å². The summed E-state index contributed by atoms with van der Waals surface area (Å²) < 4.78 is 5.45. The van der Waals surface area contributed by atoms with Crippen LogP contribution in [0.2, 0.25) is 0 Å². The second-order valence-corrected chi connectivity index (χ2v) is 6.92. The van der Waals surface area contributed by atoms with Gasteiger partial charge >= 0.3 is 6.03 Å². The minimum atomic E-state index is -0.414. The molecule has 2 rings (SSSR count). The van der Waals surface area contributed by atoms with Crippen molar-refractivity contribution < 1.29 is 14.6 Å². The Morgan fingerprint density at radius 2 is 2.14 bits per heavy atom. The fourth-order valence-corrected chi connectivity index (χ4v) is 3.45. The standard InChI is InChI=1S/C16H30N2O3/c1-11-4-5-14(8-12(11)2)17-16(20)18-6-7-21-10-15(18)9-13(3)19/h11-15,19H,4-10H2,1-3H3,(H,17,20)/t11-,12+,13-,14+,15+/m0/s1. The normalized spacial score (nSPS) is 35.3. The van der Waals surface area contributed by atoms with E-state index < -0.39 is 6.10 Å². The van der Waals surface area contributed by atoms with Crippen LogP contribution in [0.1, 0.15) is 46.5 Å². The first kappa shape index (κ1) is 16.6. The van der Waals surface area contributed by atoms with Gasteiger partial charge in [-0.1, -0.05) is 13.8 Å². The van der Waals surface area contributed by atoms with Crippen LogP contribution >= 0.6 is 0 Å². The van der Waals surface area contributed by atoms with Crippen molar-refractivity contribution in [2.45, 2.75) is 64.6 Å². The highest BCUT2D eigenvalue weighted by molar-refractivity contribution is 5.75. The van der Waals surface area contributed by atoms with Gasteiger partial charge in [-0.2, -0.15) is 0 Å². The number of hydrogen-bond donors (Lipinski definition) is 2. The van der Waals surface area contributed by atoms with E-state index in [4.69, 9.17) is 4.74 Å². The molecule has 0 bridgehead atoms. The lowest BCUT2D eigenvalue weighted by molar-refractivity contribution is -0.00529. The van der Waals surface area contributed by atoms with E-state index in [9.17, 15) is 9.90 Å². The minimum absolute atomic E-state index is 0.00991. The number of morpholine rings is 1. The van der Waals surface area contributed by atoms with Gasteiger partial charge in [-0.15, -0.1) is 0 Å². The van der Waals surface area contributed by atoms with E-state index in [0.717, 1.165) is 18.8 Å². The summed E-state index contributed by atoms with van der Waals surface area (Å²) in [5, 5.41) is 12.8. The Kier molecular flexibility index (Phi) is 5.88. The molecule has 0 spiro atoms. The van der Waals surface area contributed by atoms with Crippen LogP contribution in [-0.4, -0.2) is 54.0 Å². The van der Waals surface area contributed by atoms with Gasteiger partial charge in [0.2, 0.25) is 0 Å². The number of rotatable bonds is 3. The lowest BCUT2D eigenvalue weighted by Crippen LogP contribution is -2.55. The van der Waals surface area contributed by atoms with Crippen LogP contribution in [0.15, 0.2) is 0 Å². The maximum Gasteiger partial charge on any atom is 0.318 e. The molecule has 5 atom stereocenters.